The maximum Gasteiger partial charge on any atom is 0.0644 e. The minimum Gasteiger partial charge on any atom is -0.313 e. The van der Waals surface area contributed by atoms with Gasteiger partial charge in [0.1, 0.15) is 0 Å². The van der Waals surface area contributed by atoms with E-state index in [0.29, 0.717) is 6.04 Å². The van der Waals surface area contributed by atoms with Gasteiger partial charge in [-0.1, -0.05) is 6.92 Å². The average molecular weight is 289 g/mol. The lowest BCUT2D eigenvalue weighted by Gasteiger charge is -2.16. The van der Waals surface area contributed by atoms with Gasteiger partial charge in [0.05, 0.1) is 11.4 Å². The van der Waals surface area contributed by atoms with Gasteiger partial charge in [0.15, 0.2) is 0 Å². The second kappa shape index (κ2) is 6.43. The van der Waals surface area contributed by atoms with Crippen LogP contribution in [0.1, 0.15) is 55.0 Å². The van der Waals surface area contributed by atoms with Crippen LogP contribution in [0.25, 0.3) is 0 Å². The van der Waals surface area contributed by atoms with Crippen LogP contribution in [0.3, 0.4) is 0 Å². The fourth-order valence-electron chi connectivity index (χ4n) is 2.77. The van der Waals surface area contributed by atoms with E-state index >= 15 is 0 Å². The summed E-state index contributed by atoms with van der Waals surface area (Å²) in [6.45, 7) is 8.58. The van der Waals surface area contributed by atoms with Crippen LogP contribution in [0.5, 0.6) is 0 Å². The number of hydrogen-bond acceptors (Lipinski definition) is 3. The number of aryl methyl sites for hydroxylation is 2. The number of aromatic nitrogens is 4. The van der Waals surface area contributed by atoms with Crippen LogP contribution in [-0.2, 0) is 13.5 Å². The van der Waals surface area contributed by atoms with Crippen LogP contribution in [0.15, 0.2) is 12.3 Å². The van der Waals surface area contributed by atoms with E-state index in [9.17, 15) is 0 Å². The molecule has 0 aliphatic carbocycles. The summed E-state index contributed by atoms with van der Waals surface area (Å²) in [5.74, 6) is 0. The van der Waals surface area contributed by atoms with Gasteiger partial charge in [0, 0.05) is 43.0 Å². The molecule has 2 heterocycles. The molecule has 0 saturated carbocycles. The SMILES string of the molecule is CCC(C)n1ccc(CC(NC)c2c(C)nn(C)c2C)n1. The smallest absolute Gasteiger partial charge is 0.0644 e. The zero-order chi connectivity index (χ0) is 15.6. The Kier molecular flexibility index (Phi) is 4.83. The highest BCUT2D eigenvalue weighted by Gasteiger charge is 2.20. The Morgan fingerprint density at radius 1 is 1.29 bits per heavy atom. The number of hydrogen-bond donors (Lipinski definition) is 1. The number of likely N-dealkylation sites (N-methyl/N-ethyl adjacent to an activating group) is 1. The van der Waals surface area contributed by atoms with Crippen molar-refractivity contribution < 1.29 is 0 Å². The van der Waals surface area contributed by atoms with Crippen molar-refractivity contribution in [1.29, 1.82) is 0 Å². The summed E-state index contributed by atoms with van der Waals surface area (Å²) in [7, 11) is 4.00. The molecule has 21 heavy (non-hydrogen) atoms. The third kappa shape index (κ3) is 3.18. The Morgan fingerprint density at radius 2 is 2.00 bits per heavy atom. The highest BCUT2D eigenvalue weighted by atomic mass is 15.3. The van der Waals surface area contributed by atoms with Crippen LogP contribution in [0.2, 0.25) is 0 Å². The Labute approximate surface area is 127 Å². The van der Waals surface area contributed by atoms with E-state index in [1.54, 1.807) is 0 Å². The molecular formula is C16H27N5. The fraction of sp³-hybridized carbons (Fsp3) is 0.625. The highest BCUT2D eigenvalue weighted by Crippen LogP contribution is 2.24. The van der Waals surface area contributed by atoms with Gasteiger partial charge in [0.25, 0.3) is 0 Å². The van der Waals surface area contributed by atoms with Crippen molar-refractivity contribution in [2.24, 2.45) is 7.05 Å². The molecule has 1 N–H and O–H groups in total. The van der Waals surface area contributed by atoms with Crippen molar-refractivity contribution in [2.75, 3.05) is 7.05 Å². The maximum absolute atomic E-state index is 4.71. The van der Waals surface area contributed by atoms with Crippen LogP contribution in [0.4, 0.5) is 0 Å². The summed E-state index contributed by atoms with van der Waals surface area (Å²) in [4.78, 5) is 0. The van der Waals surface area contributed by atoms with E-state index in [1.807, 2.05) is 18.8 Å². The summed E-state index contributed by atoms with van der Waals surface area (Å²) >= 11 is 0. The lowest BCUT2D eigenvalue weighted by atomic mass is 10.0. The largest absolute Gasteiger partial charge is 0.313 e. The standard InChI is InChI=1S/C16H27N5/c1-7-11(2)21-9-8-14(19-21)10-15(17-5)16-12(3)18-20(6)13(16)4/h8-9,11,15,17H,7,10H2,1-6H3. The molecule has 2 aromatic rings. The van der Waals surface area contributed by atoms with Gasteiger partial charge in [-0.2, -0.15) is 10.2 Å². The summed E-state index contributed by atoms with van der Waals surface area (Å²) < 4.78 is 4.01. The van der Waals surface area contributed by atoms with Gasteiger partial charge in [-0.05, 0) is 40.3 Å². The van der Waals surface area contributed by atoms with Gasteiger partial charge in [-0.3, -0.25) is 9.36 Å². The molecule has 0 fully saturated rings. The minimum atomic E-state index is 0.249. The van der Waals surface area contributed by atoms with E-state index in [2.05, 4.69) is 55.1 Å². The maximum atomic E-state index is 4.71. The van der Waals surface area contributed by atoms with Gasteiger partial charge in [-0.15, -0.1) is 0 Å². The molecule has 0 radical (unpaired) electrons. The monoisotopic (exact) mass is 289 g/mol. The van der Waals surface area contributed by atoms with E-state index in [1.165, 1.54) is 11.3 Å². The average Bonchev–Trinajstić information content (AvgIpc) is 3.02. The molecule has 2 aromatic heterocycles. The summed E-state index contributed by atoms with van der Waals surface area (Å²) in [5, 5.41) is 12.6. The van der Waals surface area contributed by atoms with Gasteiger partial charge < -0.3 is 5.32 Å². The first-order chi connectivity index (χ1) is 9.97. The third-order valence-corrected chi connectivity index (χ3v) is 4.38. The number of nitrogens with one attached hydrogen (secondary N) is 1. The summed E-state index contributed by atoms with van der Waals surface area (Å²) in [6.07, 6.45) is 4.06. The van der Waals surface area contributed by atoms with E-state index in [0.717, 1.165) is 24.2 Å². The molecule has 116 valence electrons. The first-order valence-corrected chi connectivity index (χ1v) is 7.69. The Hall–Kier alpha value is -1.62. The molecule has 0 spiro atoms. The Balaban J connectivity index is 2.21. The van der Waals surface area contributed by atoms with Crippen LogP contribution in [-0.4, -0.2) is 26.6 Å². The minimum absolute atomic E-state index is 0.249. The Morgan fingerprint density at radius 3 is 2.52 bits per heavy atom. The molecule has 2 unspecified atom stereocenters. The topological polar surface area (TPSA) is 47.7 Å². The molecule has 5 heteroatoms. The lowest BCUT2D eigenvalue weighted by molar-refractivity contribution is 0.469. The Bertz CT molecular complexity index is 596. The molecule has 0 aromatic carbocycles. The van der Waals surface area contributed by atoms with E-state index in [-0.39, 0.29) is 6.04 Å². The van der Waals surface area contributed by atoms with Crippen molar-refractivity contribution in [3.8, 4) is 0 Å². The molecule has 5 nitrogen and oxygen atoms in total. The van der Waals surface area contributed by atoms with Crippen molar-refractivity contribution in [3.63, 3.8) is 0 Å². The molecule has 0 bridgehead atoms. The lowest BCUT2D eigenvalue weighted by Crippen LogP contribution is -2.20. The normalized spacial score (nSPS) is 14.4. The second-order valence-electron chi connectivity index (χ2n) is 5.80. The van der Waals surface area contributed by atoms with E-state index in [4.69, 9.17) is 5.10 Å². The molecule has 2 atom stereocenters. The molecule has 0 aliphatic heterocycles. The third-order valence-electron chi connectivity index (χ3n) is 4.38. The number of rotatable bonds is 6. The molecule has 0 amide bonds. The first-order valence-electron chi connectivity index (χ1n) is 7.69. The fourth-order valence-corrected chi connectivity index (χ4v) is 2.77. The summed E-state index contributed by atoms with van der Waals surface area (Å²) in [5.41, 5.74) is 4.72. The zero-order valence-electron chi connectivity index (χ0n) is 14.0. The number of nitrogens with zero attached hydrogens (tertiary/aromatic N) is 4. The summed E-state index contributed by atoms with van der Waals surface area (Å²) in [6, 6.07) is 2.82. The van der Waals surface area contributed by atoms with Gasteiger partial charge in [0.2, 0.25) is 0 Å². The van der Waals surface area contributed by atoms with Gasteiger partial charge in [-0.25, -0.2) is 0 Å². The zero-order valence-corrected chi connectivity index (χ0v) is 14.0. The van der Waals surface area contributed by atoms with Crippen molar-refractivity contribution in [2.45, 2.75) is 52.6 Å². The molecule has 0 aliphatic rings. The first kappa shape index (κ1) is 15.8. The van der Waals surface area contributed by atoms with Crippen molar-refractivity contribution >= 4 is 0 Å². The molecule has 0 saturated heterocycles. The van der Waals surface area contributed by atoms with Crippen LogP contribution in [0, 0.1) is 13.8 Å². The van der Waals surface area contributed by atoms with Crippen LogP contribution < -0.4 is 5.32 Å². The predicted octanol–water partition coefficient (Wildman–Crippen LogP) is 2.71. The van der Waals surface area contributed by atoms with Crippen LogP contribution >= 0.6 is 0 Å². The second-order valence-corrected chi connectivity index (χ2v) is 5.80. The van der Waals surface area contributed by atoms with Gasteiger partial charge >= 0.3 is 0 Å². The van der Waals surface area contributed by atoms with E-state index < -0.39 is 0 Å². The van der Waals surface area contributed by atoms with Crippen molar-refractivity contribution in [3.05, 3.63) is 34.9 Å². The van der Waals surface area contributed by atoms with Crippen molar-refractivity contribution in [1.82, 2.24) is 24.9 Å². The molecule has 2 rings (SSSR count). The molecular weight excluding hydrogens is 262 g/mol. The quantitative estimate of drug-likeness (QED) is 0.889. The highest BCUT2D eigenvalue weighted by molar-refractivity contribution is 5.29. The predicted molar refractivity (Wildman–Crippen MR) is 85.4 cm³/mol.